The maximum absolute atomic E-state index is 12.1. The number of rotatable bonds is 6. The van der Waals surface area contributed by atoms with Gasteiger partial charge >= 0.3 is 0 Å². The van der Waals surface area contributed by atoms with Crippen molar-refractivity contribution >= 4 is 10.0 Å². The summed E-state index contributed by atoms with van der Waals surface area (Å²) in [6.07, 6.45) is 2.32. The molecule has 1 N–H and O–H groups in total. The van der Waals surface area contributed by atoms with Gasteiger partial charge in [-0.1, -0.05) is 0 Å². The highest BCUT2D eigenvalue weighted by molar-refractivity contribution is 7.89. The van der Waals surface area contributed by atoms with Crippen LogP contribution in [0.5, 0.6) is 0 Å². The smallest absolute Gasteiger partial charge is 0.243 e. The minimum atomic E-state index is -3.45. The first-order valence-corrected chi connectivity index (χ1v) is 8.27. The molecule has 1 aromatic heterocycles. The first-order chi connectivity index (χ1) is 9.49. The Bertz CT molecular complexity index is 535. The van der Waals surface area contributed by atoms with Crippen LogP contribution in [0.15, 0.2) is 11.1 Å². The Kier molecular flexibility index (Phi) is 5.14. The number of aromatic nitrogens is 2. The summed E-state index contributed by atoms with van der Waals surface area (Å²) in [5, 5.41) is 4.05. The molecular formula is C12H22N4O3S. The zero-order valence-corrected chi connectivity index (χ0v) is 12.8. The number of hydrogen-bond acceptors (Lipinski definition) is 5. The third kappa shape index (κ3) is 4.02. The highest BCUT2D eigenvalue weighted by atomic mass is 32.2. The summed E-state index contributed by atoms with van der Waals surface area (Å²) in [6, 6.07) is 0. The van der Waals surface area contributed by atoms with E-state index in [1.807, 2.05) is 0 Å². The molecule has 0 unspecified atom stereocenters. The van der Waals surface area contributed by atoms with Gasteiger partial charge in [-0.05, 0) is 19.9 Å². The predicted octanol–water partition coefficient (Wildman–Crippen LogP) is -0.271. The summed E-state index contributed by atoms with van der Waals surface area (Å²) in [5.41, 5.74) is 0.521. The summed E-state index contributed by atoms with van der Waals surface area (Å²) in [7, 11) is -1.74. The van der Waals surface area contributed by atoms with Crippen LogP contribution in [0.1, 0.15) is 12.1 Å². The Balaban J connectivity index is 1.79. The van der Waals surface area contributed by atoms with Gasteiger partial charge in [0, 0.05) is 32.9 Å². The Labute approximate surface area is 120 Å². The van der Waals surface area contributed by atoms with Gasteiger partial charge in [-0.15, -0.1) is 0 Å². The van der Waals surface area contributed by atoms with Gasteiger partial charge in [0.1, 0.15) is 4.90 Å². The van der Waals surface area contributed by atoms with E-state index in [1.165, 1.54) is 10.9 Å². The molecule has 20 heavy (non-hydrogen) atoms. The molecule has 2 rings (SSSR count). The molecule has 0 saturated carbocycles. The lowest BCUT2D eigenvalue weighted by Gasteiger charge is -2.26. The fraction of sp³-hybridized carbons (Fsp3) is 0.750. The van der Waals surface area contributed by atoms with E-state index in [0.717, 1.165) is 39.3 Å². The van der Waals surface area contributed by atoms with E-state index in [4.69, 9.17) is 4.74 Å². The van der Waals surface area contributed by atoms with Crippen molar-refractivity contribution in [3.05, 3.63) is 11.9 Å². The van der Waals surface area contributed by atoms with E-state index >= 15 is 0 Å². The molecule has 1 aromatic rings. The number of hydrogen-bond donors (Lipinski definition) is 1. The van der Waals surface area contributed by atoms with E-state index in [9.17, 15) is 8.42 Å². The molecule has 0 spiro atoms. The maximum Gasteiger partial charge on any atom is 0.243 e. The number of morpholine rings is 1. The standard InChI is InChI=1S/C12H22N4O3S/c1-11-12(10-15(2)14-11)20(17,18)13-4-3-5-16-6-8-19-9-7-16/h10,13H,3-9H2,1-2H3. The van der Waals surface area contributed by atoms with E-state index in [0.29, 0.717) is 12.2 Å². The molecule has 2 heterocycles. The number of nitrogens with zero attached hydrogens (tertiary/aromatic N) is 3. The topological polar surface area (TPSA) is 76.5 Å². The Hall–Kier alpha value is -0.960. The van der Waals surface area contributed by atoms with Crippen molar-refractivity contribution < 1.29 is 13.2 Å². The van der Waals surface area contributed by atoms with Gasteiger partial charge in [0.2, 0.25) is 10.0 Å². The molecule has 1 aliphatic heterocycles. The molecule has 114 valence electrons. The molecule has 7 nitrogen and oxygen atoms in total. The van der Waals surface area contributed by atoms with Crippen LogP contribution in [0.3, 0.4) is 0 Å². The lowest BCUT2D eigenvalue weighted by atomic mass is 10.3. The predicted molar refractivity (Wildman–Crippen MR) is 75.0 cm³/mol. The van der Waals surface area contributed by atoms with Crippen LogP contribution in [-0.2, 0) is 21.8 Å². The average molecular weight is 302 g/mol. The Morgan fingerprint density at radius 1 is 1.40 bits per heavy atom. The van der Waals surface area contributed by atoms with Crippen LogP contribution in [-0.4, -0.2) is 62.5 Å². The van der Waals surface area contributed by atoms with E-state index in [2.05, 4.69) is 14.7 Å². The van der Waals surface area contributed by atoms with E-state index in [-0.39, 0.29) is 4.90 Å². The lowest BCUT2D eigenvalue weighted by molar-refractivity contribution is 0.0376. The zero-order valence-electron chi connectivity index (χ0n) is 12.0. The van der Waals surface area contributed by atoms with Crippen LogP contribution in [0.2, 0.25) is 0 Å². The van der Waals surface area contributed by atoms with Crippen LogP contribution in [0, 0.1) is 6.92 Å². The van der Waals surface area contributed by atoms with Crippen molar-refractivity contribution in [2.24, 2.45) is 7.05 Å². The Morgan fingerprint density at radius 2 is 2.10 bits per heavy atom. The highest BCUT2D eigenvalue weighted by Gasteiger charge is 2.19. The van der Waals surface area contributed by atoms with Gasteiger partial charge in [-0.3, -0.25) is 9.58 Å². The van der Waals surface area contributed by atoms with E-state index < -0.39 is 10.0 Å². The highest BCUT2D eigenvalue weighted by Crippen LogP contribution is 2.12. The molecule has 1 saturated heterocycles. The van der Waals surface area contributed by atoms with Gasteiger partial charge in [-0.2, -0.15) is 5.10 Å². The van der Waals surface area contributed by atoms with Gasteiger partial charge in [0.25, 0.3) is 0 Å². The minimum absolute atomic E-state index is 0.256. The number of ether oxygens (including phenoxy) is 1. The summed E-state index contributed by atoms with van der Waals surface area (Å²) < 4.78 is 33.7. The Morgan fingerprint density at radius 3 is 2.70 bits per heavy atom. The molecule has 0 aliphatic carbocycles. The molecule has 0 atom stereocenters. The molecule has 0 aromatic carbocycles. The van der Waals surface area contributed by atoms with Crippen LogP contribution >= 0.6 is 0 Å². The third-order valence-corrected chi connectivity index (χ3v) is 4.87. The second-order valence-corrected chi connectivity index (χ2v) is 6.69. The zero-order chi connectivity index (χ0) is 14.6. The molecule has 0 amide bonds. The van der Waals surface area contributed by atoms with Crippen molar-refractivity contribution in [2.45, 2.75) is 18.2 Å². The fourth-order valence-electron chi connectivity index (χ4n) is 2.25. The summed E-state index contributed by atoms with van der Waals surface area (Å²) in [5.74, 6) is 0. The largest absolute Gasteiger partial charge is 0.379 e. The van der Waals surface area contributed by atoms with Crippen molar-refractivity contribution in [3.63, 3.8) is 0 Å². The fourth-order valence-corrected chi connectivity index (χ4v) is 3.54. The molecule has 1 aliphatic rings. The van der Waals surface area contributed by atoms with Crippen LogP contribution < -0.4 is 4.72 Å². The van der Waals surface area contributed by atoms with Gasteiger partial charge < -0.3 is 4.74 Å². The second-order valence-electron chi connectivity index (χ2n) is 4.96. The normalized spacial score (nSPS) is 17.5. The second kappa shape index (κ2) is 6.66. The summed E-state index contributed by atoms with van der Waals surface area (Å²) in [6.45, 7) is 6.40. The molecule has 0 radical (unpaired) electrons. The van der Waals surface area contributed by atoms with Gasteiger partial charge in [0.15, 0.2) is 0 Å². The van der Waals surface area contributed by atoms with E-state index in [1.54, 1.807) is 14.0 Å². The first-order valence-electron chi connectivity index (χ1n) is 6.79. The van der Waals surface area contributed by atoms with Crippen molar-refractivity contribution in [1.29, 1.82) is 0 Å². The van der Waals surface area contributed by atoms with Gasteiger partial charge in [-0.25, -0.2) is 13.1 Å². The molecular weight excluding hydrogens is 280 g/mol. The lowest BCUT2D eigenvalue weighted by Crippen LogP contribution is -2.38. The van der Waals surface area contributed by atoms with Crippen LogP contribution in [0.4, 0.5) is 0 Å². The first kappa shape index (κ1) is 15.4. The van der Waals surface area contributed by atoms with Crippen molar-refractivity contribution in [2.75, 3.05) is 39.4 Å². The summed E-state index contributed by atoms with van der Waals surface area (Å²) >= 11 is 0. The third-order valence-electron chi connectivity index (χ3n) is 3.30. The van der Waals surface area contributed by atoms with Crippen molar-refractivity contribution in [1.82, 2.24) is 19.4 Å². The number of nitrogens with one attached hydrogen (secondary N) is 1. The van der Waals surface area contributed by atoms with Crippen molar-refractivity contribution in [3.8, 4) is 0 Å². The molecule has 1 fully saturated rings. The average Bonchev–Trinajstić information content (AvgIpc) is 2.76. The quantitative estimate of drug-likeness (QED) is 0.732. The monoisotopic (exact) mass is 302 g/mol. The summed E-state index contributed by atoms with van der Waals surface area (Å²) in [4.78, 5) is 2.54. The SMILES string of the molecule is Cc1nn(C)cc1S(=O)(=O)NCCCN1CCOCC1. The molecule has 8 heteroatoms. The number of sulfonamides is 1. The van der Waals surface area contributed by atoms with Crippen LogP contribution in [0.25, 0.3) is 0 Å². The van der Waals surface area contributed by atoms with Gasteiger partial charge in [0.05, 0.1) is 18.9 Å². The molecule has 0 bridgehead atoms. The minimum Gasteiger partial charge on any atom is -0.379 e. The maximum atomic E-state index is 12.1. The number of aryl methyl sites for hydroxylation is 2.